The summed E-state index contributed by atoms with van der Waals surface area (Å²) < 4.78 is 5.87. The van der Waals surface area contributed by atoms with Crippen LogP contribution in [0.1, 0.15) is 63.3 Å². The lowest BCUT2D eigenvalue weighted by Gasteiger charge is -2.33. The van der Waals surface area contributed by atoms with Crippen molar-refractivity contribution in [2.75, 3.05) is 18.4 Å². The average molecular weight is 380 g/mol. The molecule has 1 aromatic carbocycles. The van der Waals surface area contributed by atoms with Gasteiger partial charge in [0.15, 0.2) is 0 Å². The van der Waals surface area contributed by atoms with Gasteiger partial charge in [0.1, 0.15) is 6.04 Å². The van der Waals surface area contributed by atoms with Crippen LogP contribution in [0.5, 0.6) is 0 Å². The minimum absolute atomic E-state index is 0.0546. The molecule has 6 nitrogen and oxygen atoms in total. The Bertz CT molecular complexity index is 866. The second-order valence-electron chi connectivity index (χ2n) is 9.18. The van der Waals surface area contributed by atoms with Crippen molar-refractivity contribution in [1.29, 1.82) is 0 Å². The number of carbonyl (C=O) groups excluding carboxylic acids is 1. The van der Waals surface area contributed by atoms with Crippen molar-refractivity contribution in [1.82, 2.24) is 15.1 Å². The van der Waals surface area contributed by atoms with Gasteiger partial charge in [-0.3, -0.25) is 4.79 Å². The van der Waals surface area contributed by atoms with E-state index in [9.17, 15) is 4.79 Å². The van der Waals surface area contributed by atoms with Gasteiger partial charge in [-0.05, 0) is 50.0 Å². The minimum atomic E-state index is -0.360. The predicted molar refractivity (Wildman–Crippen MR) is 106 cm³/mol. The molecule has 28 heavy (non-hydrogen) atoms. The predicted octanol–water partition coefficient (Wildman–Crippen LogP) is 3.72. The first kappa shape index (κ1) is 17.7. The molecule has 2 aliphatic carbocycles. The van der Waals surface area contributed by atoms with E-state index < -0.39 is 0 Å². The van der Waals surface area contributed by atoms with E-state index in [0.717, 1.165) is 32.4 Å². The molecule has 1 spiro atoms. The Hall–Kier alpha value is -2.37. The number of aromatic nitrogens is 2. The Labute approximate surface area is 165 Å². The highest BCUT2D eigenvalue weighted by Crippen LogP contribution is 2.59. The Balaban J connectivity index is 1.19. The fourth-order valence-electron chi connectivity index (χ4n) is 4.70. The first-order chi connectivity index (χ1) is 13.5. The summed E-state index contributed by atoms with van der Waals surface area (Å²) in [5, 5.41) is 11.5. The topological polar surface area (TPSA) is 71.3 Å². The third kappa shape index (κ3) is 3.09. The number of nitrogens with zero attached hydrogens (tertiary/aromatic N) is 3. The second kappa shape index (κ2) is 6.33. The zero-order valence-electron chi connectivity index (χ0n) is 16.6. The zero-order valence-corrected chi connectivity index (χ0v) is 16.6. The second-order valence-corrected chi connectivity index (χ2v) is 9.18. The first-order valence-corrected chi connectivity index (χ1v) is 10.4. The number of anilines is 1. The minimum Gasteiger partial charge on any atom is -0.408 e. The van der Waals surface area contributed by atoms with E-state index in [1.165, 1.54) is 18.4 Å². The van der Waals surface area contributed by atoms with Crippen molar-refractivity contribution < 1.29 is 9.21 Å². The number of amides is 1. The van der Waals surface area contributed by atoms with Crippen molar-refractivity contribution >= 4 is 11.9 Å². The number of hydrogen-bond acceptors (Lipinski definition) is 5. The lowest BCUT2D eigenvalue weighted by atomic mass is 9.93. The summed E-state index contributed by atoms with van der Waals surface area (Å²) in [7, 11) is 0. The van der Waals surface area contributed by atoms with Gasteiger partial charge in [0.25, 0.3) is 0 Å². The SMILES string of the molecule is C[C@@H](Nc1nnc([C@@H]2C[C@]2(C)c2ccccc2)o1)C(=O)N1CCC2(CC1)CC2. The van der Waals surface area contributed by atoms with Crippen LogP contribution >= 0.6 is 0 Å². The van der Waals surface area contributed by atoms with Crippen molar-refractivity contribution in [2.24, 2.45) is 5.41 Å². The molecule has 148 valence electrons. The third-order valence-corrected chi connectivity index (χ3v) is 7.21. The summed E-state index contributed by atoms with van der Waals surface area (Å²) >= 11 is 0. The number of rotatable bonds is 5. The van der Waals surface area contributed by atoms with E-state index in [1.807, 2.05) is 17.9 Å². The van der Waals surface area contributed by atoms with Crippen molar-refractivity contribution in [3.05, 3.63) is 41.8 Å². The summed E-state index contributed by atoms with van der Waals surface area (Å²) in [5.74, 6) is 1.01. The molecule has 3 aliphatic rings. The Morgan fingerprint density at radius 3 is 2.57 bits per heavy atom. The maximum atomic E-state index is 12.7. The highest BCUT2D eigenvalue weighted by atomic mass is 16.4. The zero-order chi connectivity index (χ0) is 19.4. The van der Waals surface area contributed by atoms with Crippen LogP contribution in [0.4, 0.5) is 6.01 Å². The molecular weight excluding hydrogens is 352 g/mol. The molecule has 3 atom stereocenters. The highest BCUT2D eigenvalue weighted by molar-refractivity contribution is 5.83. The van der Waals surface area contributed by atoms with E-state index in [4.69, 9.17) is 4.42 Å². The fraction of sp³-hybridized carbons (Fsp3) is 0.591. The van der Waals surface area contributed by atoms with Gasteiger partial charge in [0.2, 0.25) is 11.8 Å². The lowest BCUT2D eigenvalue weighted by Crippen LogP contribution is -2.45. The highest BCUT2D eigenvalue weighted by Gasteiger charge is 2.55. The molecule has 0 radical (unpaired) electrons. The molecular formula is C22H28N4O2. The van der Waals surface area contributed by atoms with Crippen LogP contribution in [0.2, 0.25) is 0 Å². The van der Waals surface area contributed by atoms with Gasteiger partial charge in [0, 0.05) is 24.4 Å². The van der Waals surface area contributed by atoms with E-state index in [1.54, 1.807) is 0 Å². The number of benzene rings is 1. The Morgan fingerprint density at radius 2 is 1.89 bits per heavy atom. The molecule has 1 amide bonds. The maximum absolute atomic E-state index is 12.7. The smallest absolute Gasteiger partial charge is 0.316 e. The molecule has 5 rings (SSSR count). The molecule has 1 aromatic heterocycles. The van der Waals surface area contributed by atoms with Crippen LogP contribution in [-0.4, -0.2) is 40.1 Å². The quantitative estimate of drug-likeness (QED) is 0.856. The third-order valence-electron chi connectivity index (χ3n) is 7.21. The molecule has 6 heteroatoms. The molecule has 0 bridgehead atoms. The molecule has 2 heterocycles. The Morgan fingerprint density at radius 1 is 1.18 bits per heavy atom. The largest absolute Gasteiger partial charge is 0.408 e. The molecule has 2 saturated carbocycles. The van der Waals surface area contributed by atoms with Gasteiger partial charge < -0.3 is 14.6 Å². The average Bonchev–Trinajstić information content (AvgIpc) is 3.58. The van der Waals surface area contributed by atoms with E-state index in [2.05, 4.69) is 46.7 Å². The summed E-state index contributed by atoms with van der Waals surface area (Å²) in [4.78, 5) is 14.7. The molecule has 0 unspecified atom stereocenters. The summed E-state index contributed by atoms with van der Waals surface area (Å²) in [6.45, 7) is 5.85. The normalized spacial score (nSPS) is 28.8. The summed E-state index contributed by atoms with van der Waals surface area (Å²) in [6, 6.07) is 10.5. The molecule has 1 N–H and O–H groups in total. The number of piperidine rings is 1. The van der Waals surface area contributed by atoms with Crippen LogP contribution in [0.25, 0.3) is 0 Å². The van der Waals surface area contributed by atoms with Crippen LogP contribution in [0.3, 0.4) is 0 Å². The first-order valence-electron chi connectivity index (χ1n) is 10.4. The van der Waals surface area contributed by atoms with Crippen LogP contribution in [-0.2, 0) is 10.2 Å². The van der Waals surface area contributed by atoms with Gasteiger partial charge in [-0.2, -0.15) is 0 Å². The molecule has 3 fully saturated rings. The molecule has 2 aromatic rings. The van der Waals surface area contributed by atoms with E-state index in [-0.39, 0.29) is 23.3 Å². The van der Waals surface area contributed by atoms with Crippen LogP contribution in [0, 0.1) is 5.41 Å². The number of nitrogens with one attached hydrogen (secondary N) is 1. The van der Waals surface area contributed by atoms with E-state index >= 15 is 0 Å². The van der Waals surface area contributed by atoms with Gasteiger partial charge in [-0.15, -0.1) is 5.10 Å². The monoisotopic (exact) mass is 380 g/mol. The molecule has 1 aliphatic heterocycles. The van der Waals surface area contributed by atoms with Crippen molar-refractivity contribution in [2.45, 2.75) is 63.3 Å². The maximum Gasteiger partial charge on any atom is 0.316 e. The summed E-state index contributed by atoms with van der Waals surface area (Å²) in [5.41, 5.74) is 1.93. The van der Waals surface area contributed by atoms with Gasteiger partial charge >= 0.3 is 6.01 Å². The van der Waals surface area contributed by atoms with Crippen molar-refractivity contribution in [3.63, 3.8) is 0 Å². The van der Waals surface area contributed by atoms with E-state index in [0.29, 0.717) is 17.3 Å². The summed E-state index contributed by atoms with van der Waals surface area (Å²) in [6.07, 6.45) is 5.99. The van der Waals surface area contributed by atoms with Gasteiger partial charge in [-0.1, -0.05) is 42.4 Å². The number of likely N-dealkylation sites (tertiary alicyclic amines) is 1. The van der Waals surface area contributed by atoms with Crippen LogP contribution in [0.15, 0.2) is 34.7 Å². The van der Waals surface area contributed by atoms with Gasteiger partial charge in [0.05, 0.1) is 0 Å². The van der Waals surface area contributed by atoms with Gasteiger partial charge in [-0.25, -0.2) is 0 Å². The standard InChI is InChI=1S/C22H28N4O2/c1-15(19(27)26-12-10-22(8-9-22)11-13-26)23-20-25-24-18(28-20)17-14-21(17,2)16-6-4-3-5-7-16/h3-7,15,17H,8-14H2,1-2H3,(H,23,25)/t15-,17+,21-/m1/s1. The number of carbonyl (C=O) groups is 1. The lowest BCUT2D eigenvalue weighted by molar-refractivity contribution is -0.133. The molecule has 1 saturated heterocycles. The van der Waals surface area contributed by atoms with Crippen molar-refractivity contribution in [3.8, 4) is 0 Å². The number of hydrogen-bond donors (Lipinski definition) is 1. The fourth-order valence-corrected chi connectivity index (χ4v) is 4.70. The Kier molecular flexibility index (Phi) is 4.00. The van der Waals surface area contributed by atoms with Crippen LogP contribution < -0.4 is 5.32 Å².